The molecule has 4 rings (SSSR count). The van der Waals surface area contributed by atoms with Crippen molar-refractivity contribution in [3.8, 4) is 0 Å². The number of nitrogens with zero attached hydrogens (tertiary/aromatic N) is 2. The van der Waals surface area contributed by atoms with Gasteiger partial charge in [0.1, 0.15) is 4.83 Å². The Kier molecular flexibility index (Phi) is 4.09. The highest BCUT2D eigenvalue weighted by molar-refractivity contribution is 7.29. The summed E-state index contributed by atoms with van der Waals surface area (Å²) in [6.07, 6.45) is 2.68. The molecule has 3 heterocycles. The lowest BCUT2D eigenvalue weighted by Crippen LogP contribution is -2.31. The van der Waals surface area contributed by atoms with Crippen molar-refractivity contribution in [3.05, 3.63) is 44.7 Å². The molecule has 0 aliphatic heterocycles. The van der Waals surface area contributed by atoms with Gasteiger partial charge in [0.2, 0.25) is 5.56 Å². The van der Waals surface area contributed by atoms with Crippen molar-refractivity contribution in [2.45, 2.75) is 25.3 Å². The number of nitrogens with one attached hydrogen (secondary N) is 2. The Balaban J connectivity index is 1.56. The van der Waals surface area contributed by atoms with Crippen LogP contribution in [0, 0.1) is 0 Å². The first-order valence-electron chi connectivity index (χ1n) is 8.12. The number of thiazole rings is 1. The molecule has 1 unspecified atom stereocenters. The number of thiophene rings is 1. The van der Waals surface area contributed by atoms with Gasteiger partial charge in [-0.2, -0.15) is 0 Å². The predicted octanol–water partition coefficient (Wildman–Crippen LogP) is 2.92. The van der Waals surface area contributed by atoms with E-state index in [2.05, 4.69) is 15.3 Å². The molecule has 0 saturated heterocycles. The second-order valence-corrected chi connectivity index (χ2v) is 8.39. The number of carbonyl (C=O) groups excluding carboxylic acids is 1. The van der Waals surface area contributed by atoms with Gasteiger partial charge in [-0.25, -0.2) is 4.98 Å². The number of fused-ring (bicyclic) bond motifs is 2. The molecule has 1 amide bonds. The van der Waals surface area contributed by atoms with Crippen molar-refractivity contribution in [1.29, 1.82) is 0 Å². The standard InChI is InChI=1S/C17H18N4O2S2/c1-21(2)17-20-16-13(25-17)8-12(24-16)15(23)19-11-5-3-4-10-9(11)6-7-14(22)18-10/h6-8,11H,3-5H2,1-2H3,(H,18,22)(H,19,23). The van der Waals surface area contributed by atoms with Gasteiger partial charge < -0.3 is 15.2 Å². The molecule has 130 valence electrons. The van der Waals surface area contributed by atoms with Crippen LogP contribution in [0.25, 0.3) is 9.53 Å². The normalized spacial score (nSPS) is 16.6. The van der Waals surface area contributed by atoms with Gasteiger partial charge in [0.15, 0.2) is 5.13 Å². The zero-order chi connectivity index (χ0) is 17.6. The Morgan fingerprint density at radius 2 is 2.20 bits per heavy atom. The van der Waals surface area contributed by atoms with Gasteiger partial charge in [0, 0.05) is 25.9 Å². The summed E-state index contributed by atoms with van der Waals surface area (Å²) in [5.74, 6) is -0.0781. The van der Waals surface area contributed by atoms with Crippen molar-refractivity contribution >= 4 is 43.2 Å². The van der Waals surface area contributed by atoms with Gasteiger partial charge in [0.05, 0.1) is 15.6 Å². The van der Waals surface area contributed by atoms with Crippen molar-refractivity contribution in [2.75, 3.05) is 19.0 Å². The number of hydrogen-bond donors (Lipinski definition) is 2. The van der Waals surface area contributed by atoms with Crippen LogP contribution in [0.15, 0.2) is 23.0 Å². The number of rotatable bonds is 3. The number of pyridine rings is 1. The van der Waals surface area contributed by atoms with E-state index in [1.54, 1.807) is 11.3 Å². The van der Waals surface area contributed by atoms with Gasteiger partial charge in [-0.15, -0.1) is 11.3 Å². The topological polar surface area (TPSA) is 78.1 Å². The number of aromatic nitrogens is 2. The van der Waals surface area contributed by atoms with Gasteiger partial charge in [-0.1, -0.05) is 11.3 Å². The van der Waals surface area contributed by atoms with E-state index in [0.717, 1.165) is 45.2 Å². The second-order valence-electron chi connectivity index (χ2n) is 6.35. The molecule has 3 aromatic rings. The minimum absolute atomic E-state index is 0.0569. The Hall–Kier alpha value is -2.19. The largest absolute Gasteiger partial charge is 0.354 e. The summed E-state index contributed by atoms with van der Waals surface area (Å²) in [5, 5.41) is 4.06. The van der Waals surface area contributed by atoms with E-state index < -0.39 is 0 Å². The molecule has 3 aromatic heterocycles. The molecule has 0 fully saturated rings. The molecule has 0 saturated carbocycles. The summed E-state index contributed by atoms with van der Waals surface area (Å²) >= 11 is 3.00. The fraction of sp³-hybridized carbons (Fsp3) is 0.353. The highest BCUT2D eigenvalue weighted by atomic mass is 32.1. The molecule has 2 N–H and O–H groups in total. The SMILES string of the molecule is CN(C)c1nc2sc(C(=O)NC3CCCc4[nH]c(=O)ccc43)cc2s1. The van der Waals surface area contributed by atoms with Gasteiger partial charge in [-0.3, -0.25) is 9.59 Å². The number of hydrogen-bond acceptors (Lipinski definition) is 6. The Labute approximate surface area is 152 Å². The molecule has 1 aliphatic carbocycles. The van der Waals surface area contributed by atoms with E-state index in [1.165, 1.54) is 17.4 Å². The van der Waals surface area contributed by atoms with Crippen LogP contribution in [-0.2, 0) is 6.42 Å². The molecule has 1 atom stereocenters. The highest BCUT2D eigenvalue weighted by Gasteiger charge is 2.24. The molecule has 6 nitrogen and oxygen atoms in total. The molecular formula is C17H18N4O2S2. The van der Waals surface area contributed by atoms with Crippen LogP contribution in [0.2, 0.25) is 0 Å². The number of H-pyrrole nitrogens is 1. The Bertz CT molecular complexity index is 970. The van der Waals surface area contributed by atoms with Crippen molar-refractivity contribution in [2.24, 2.45) is 0 Å². The van der Waals surface area contributed by atoms with Gasteiger partial charge in [-0.05, 0) is 37.0 Å². The smallest absolute Gasteiger partial charge is 0.261 e. The van der Waals surface area contributed by atoms with Gasteiger partial charge in [0.25, 0.3) is 5.91 Å². The van der Waals surface area contributed by atoms with Crippen molar-refractivity contribution in [1.82, 2.24) is 15.3 Å². The van der Waals surface area contributed by atoms with Crippen LogP contribution in [0.1, 0.15) is 39.8 Å². The summed E-state index contributed by atoms with van der Waals surface area (Å²) in [6, 6.07) is 5.21. The number of amides is 1. The van der Waals surface area contributed by atoms with Crippen LogP contribution in [0.4, 0.5) is 5.13 Å². The lowest BCUT2D eigenvalue weighted by Gasteiger charge is -2.25. The van der Waals surface area contributed by atoms with Crippen LogP contribution in [0.5, 0.6) is 0 Å². The maximum atomic E-state index is 12.7. The quantitative estimate of drug-likeness (QED) is 0.739. The van der Waals surface area contributed by atoms with E-state index in [0.29, 0.717) is 4.88 Å². The summed E-state index contributed by atoms with van der Waals surface area (Å²) in [6.45, 7) is 0. The average molecular weight is 374 g/mol. The number of carbonyl (C=O) groups is 1. The number of aromatic amines is 1. The van der Waals surface area contributed by atoms with E-state index in [1.807, 2.05) is 31.1 Å². The first-order chi connectivity index (χ1) is 12.0. The molecule has 8 heteroatoms. The Morgan fingerprint density at radius 3 is 2.96 bits per heavy atom. The maximum absolute atomic E-state index is 12.7. The third kappa shape index (κ3) is 3.07. The molecule has 0 spiro atoms. The van der Waals surface area contributed by atoms with E-state index in [9.17, 15) is 9.59 Å². The van der Waals surface area contributed by atoms with E-state index in [4.69, 9.17) is 0 Å². The number of aryl methyl sites for hydroxylation is 1. The molecular weight excluding hydrogens is 356 g/mol. The minimum atomic E-state index is -0.0907. The second kappa shape index (κ2) is 6.27. The zero-order valence-electron chi connectivity index (χ0n) is 14.0. The maximum Gasteiger partial charge on any atom is 0.261 e. The summed E-state index contributed by atoms with van der Waals surface area (Å²) < 4.78 is 1.03. The van der Waals surface area contributed by atoms with Crippen LogP contribution in [0.3, 0.4) is 0 Å². The molecule has 0 radical (unpaired) electrons. The van der Waals surface area contributed by atoms with Crippen LogP contribution < -0.4 is 15.8 Å². The van der Waals surface area contributed by atoms with Gasteiger partial charge >= 0.3 is 0 Å². The Morgan fingerprint density at radius 1 is 1.36 bits per heavy atom. The summed E-state index contributed by atoms with van der Waals surface area (Å²) in [4.78, 5) is 35.1. The molecule has 25 heavy (non-hydrogen) atoms. The summed E-state index contributed by atoms with van der Waals surface area (Å²) in [7, 11) is 3.92. The lowest BCUT2D eigenvalue weighted by molar-refractivity contribution is 0.0937. The first-order valence-corrected chi connectivity index (χ1v) is 9.75. The van der Waals surface area contributed by atoms with Crippen LogP contribution in [-0.4, -0.2) is 30.0 Å². The average Bonchev–Trinajstić information content (AvgIpc) is 3.13. The van der Waals surface area contributed by atoms with Crippen molar-refractivity contribution < 1.29 is 4.79 Å². The first kappa shape index (κ1) is 16.3. The van der Waals surface area contributed by atoms with E-state index >= 15 is 0 Å². The number of anilines is 1. The monoisotopic (exact) mass is 374 g/mol. The fourth-order valence-corrected chi connectivity index (χ4v) is 5.14. The fourth-order valence-electron chi connectivity index (χ4n) is 3.11. The predicted molar refractivity (Wildman–Crippen MR) is 102 cm³/mol. The third-order valence-corrected chi connectivity index (χ3v) is 6.65. The van der Waals surface area contributed by atoms with Crippen LogP contribution >= 0.6 is 22.7 Å². The highest BCUT2D eigenvalue weighted by Crippen LogP contribution is 2.34. The molecule has 1 aliphatic rings. The summed E-state index contributed by atoms with van der Waals surface area (Å²) in [5.41, 5.74) is 1.87. The lowest BCUT2D eigenvalue weighted by atomic mass is 9.91. The molecule has 0 bridgehead atoms. The zero-order valence-corrected chi connectivity index (χ0v) is 15.6. The van der Waals surface area contributed by atoms with E-state index in [-0.39, 0.29) is 17.5 Å². The third-order valence-electron chi connectivity index (χ3n) is 4.32. The van der Waals surface area contributed by atoms with Crippen molar-refractivity contribution in [3.63, 3.8) is 0 Å². The minimum Gasteiger partial charge on any atom is -0.354 e. The molecule has 0 aromatic carbocycles.